The van der Waals surface area contributed by atoms with Gasteiger partial charge in [0.25, 0.3) is 11.8 Å². The van der Waals surface area contributed by atoms with E-state index in [1.54, 1.807) is 19.4 Å². The molecule has 2 amide bonds. The van der Waals surface area contributed by atoms with Crippen LogP contribution >= 0.6 is 0 Å². The number of imidazole rings is 1. The zero-order chi connectivity index (χ0) is 33.6. The van der Waals surface area contributed by atoms with Gasteiger partial charge in [0.15, 0.2) is 5.82 Å². The smallest absolute Gasteiger partial charge is 0.259 e. The van der Waals surface area contributed by atoms with Gasteiger partial charge in [-0.1, -0.05) is 6.07 Å². The van der Waals surface area contributed by atoms with Crippen LogP contribution in [0.4, 0.5) is 8.78 Å². The molecule has 0 radical (unpaired) electrons. The second-order valence-electron chi connectivity index (χ2n) is 14.2. The van der Waals surface area contributed by atoms with Crippen molar-refractivity contribution in [1.82, 2.24) is 28.9 Å². The van der Waals surface area contributed by atoms with E-state index in [4.69, 9.17) is 20.4 Å². The number of piperidine rings is 1. The van der Waals surface area contributed by atoms with Crippen molar-refractivity contribution in [3.63, 3.8) is 0 Å². The number of fused-ring (bicyclic) bond motifs is 4. The number of nitrogens with zero attached hydrogens (tertiary/aromatic N) is 6. The van der Waals surface area contributed by atoms with E-state index in [-0.39, 0.29) is 23.9 Å². The average Bonchev–Trinajstić information content (AvgIpc) is 3.43. The minimum Gasteiger partial charge on any atom is -0.494 e. The Morgan fingerprint density at radius 1 is 0.918 bits per heavy atom. The summed E-state index contributed by atoms with van der Waals surface area (Å²) >= 11 is 0. The van der Waals surface area contributed by atoms with E-state index in [0.29, 0.717) is 60.7 Å². The van der Waals surface area contributed by atoms with Gasteiger partial charge in [0.1, 0.15) is 34.1 Å². The molecule has 10 nitrogen and oxygen atoms in total. The Morgan fingerprint density at radius 3 is 2.39 bits per heavy atom. The molecule has 2 saturated heterocycles. The number of pyridine rings is 1. The van der Waals surface area contributed by atoms with Gasteiger partial charge in [0.05, 0.1) is 18.3 Å². The lowest BCUT2D eigenvalue weighted by atomic mass is 9.98. The van der Waals surface area contributed by atoms with E-state index in [0.717, 1.165) is 66.6 Å². The van der Waals surface area contributed by atoms with E-state index in [2.05, 4.69) is 15.2 Å². The maximum Gasteiger partial charge on any atom is 0.259 e. The molecule has 5 aromatic rings. The van der Waals surface area contributed by atoms with Crippen molar-refractivity contribution >= 4 is 33.9 Å². The number of aromatic nitrogens is 4. The van der Waals surface area contributed by atoms with Crippen LogP contribution in [0.25, 0.3) is 33.6 Å². The summed E-state index contributed by atoms with van der Waals surface area (Å²) in [6, 6.07) is 13.2. The molecule has 2 unspecified atom stereocenters. The molecule has 3 aromatic heterocycles. The average molecular weight is 666 g/mol. The fraction of sp³-hybridized carbons (Fsp3) is 0.405. The van der Waals surface area contributed by atoms with Gasteiger partial charge in [-0.05, 0) is 80.0 Å². The number of hydrogen-bond donors (Lipinski definition) is 1. The Morgan fingerprint density at radius 2 is 1.69 bits per heavy atom. The number of halogens is 2. The molecule has 2 saturated carbocycles. The van der Waals surface area contributed by atoms with Gasteiger partial charge in [-0.25, -0.2) is 18.7 Å². The quantitative estimate of drug-likeness (QED) is 0.248. The molecule has 4 aliphatic rings. The Bertz CT molecular complexity index is 2130. The summed E-state index contributed by atoms with van der Waals surface area (Å²) in [5.41, 5.74) is 9.60. The molecule has 2 bridgehead atoms. The molecule has 2 aromatic carbocycles. The van der Waals surface area contributed by atoms with Gasteiger partial charge in [0, 0.05) is 67.9 Å². The van der Waals surface area contributed by atoms with Crippen LogP contribution < -0.4 is 10.5 Å². The Balaban J connectivity index is 1.12. The third kappa shape index (κ3) is 4.90. The Labute approximate surface area is 281 Å². The molecule has 5 heterocycles. The molecule has 9 rings (SSSR count). The van der Waals surface area contributed by atoms with Gasteiger partial charge < -0.3 is 29.4 Å². The lowest BCUT2D eigenvalue weighted by molar-refractivity contribution is 0.0461. The van der Waals surface area contributed by atoms with Crippen molar-refractivity contribution in [3.8, 4) is 17.3 Å². The SMILES string of the molecule is COc1cc(C(=O)N2CC3CCC2[C@@H]3N)cc2nc(-c3cc4cccnc4n3CC3CC3)n(CC3CN(C(=O)c4c(F)cccc4F)C3)c12. The highest BCUT2D eigenvalue weighted by atomic mass is 19.1. The van der Waals surface area contributed by atoms with Gasteiger partial charge in [-0.15, -0.1) is 0 Å². The molecule has 12 heteroatoms. The number of rotatable bonds is 8. The Hall–Kier alpha value is -4.84. The highest BCUT2D eigenvalue weighted by molar-refractivity contribution is 6.00. The number of ether oxygens (including phenoxy) is 1. The minimum atomic E-state index is -0.868. The summed E-state index contributed by atoms with van der Waals surface area (Å²) in [5.74, 6) is -0.341. The molecule has 2 N–H and O–H groups in total. The lowest BCUT2D eigenvalue weighted by Gasteiger charge is -2.40. The summed E-state index contributed by atoms with van der Waals surface area (Å²) in [6.07, 6.45) is 6.10. The summed E-state index contributed by atoms with van der Waals surface area (Å²) < 4.78 is 39.2. The maximum absolute atomic E-state index is 14.4. The van der Waals surface area contributed by atoms with Crippen molar-refractivity contribution in [2.24, 2.45) is 23.5 Å². The lowest BCUT2D eigenvalue weighted by Crippen LogP contribution is -2.51. The normalized spacial score (nSPS) is 22.0. The molecular weight excluding hydrogens is 628 g/mol. The number of likely N-dealkylation sites (tertiary alicyclic amines) is 2. The monoisotopic (exact) mass is 665 g/mol. The predicted octanol–water partition coefficient (Wildman–Crippen LogP) is 5.08. The number of methoxy groups -OCH3 is 1. The first kappa shape index (κ1) is 30.2. The van der Waals surface area contributed by atoms with Crippen LogP contribution in [0, 0.1) is 29.4 Å². The van der Waals surface area contributed by atoms with E-state index >= 15 is 0 Å². The minimum absolute atomic E-state index is 0.00573. The molecule has 3 atom stereocenters. The highest BCUT2D eigenvalue weighted by Crippen LogP contribution is 2.41. The molecule has 2 aliphatic carbocycles. The zero-order valence-corrected chi connectivity index (χ0v) is 27.2. The van der Waals surface area contributed by atoms with Crippen molar-refractivity contribution in [1.29, 1.82) is 0 Å². The van der Waals surface area contributed by atoms with Crippen LogP contribution in [0.5, 0.6) is 5.75 Å². The standard InChI is InChI=1S/C37H37F2N7O3/c1-49-30-14-24(36(47)45-19-23-9-10-28(45)32(23)40)12-27-33(30)46(18-21-15-43(16-21)37(48)31-25(38)5-2-6-26(31)39)35(42-27)29-13-22-4-3-11-41-34(22)44(29)17-20-7-8-20/h2-6,11-14,20-21,23,28,32H,7-10,15-19,40H2,1H3/t23?,28?,32-/m1/s1. The molecule has 49 heavy (non-hydrogen) atoms. The molecule has 2 aliphatic heterocycles. The van der Waals surface area contributed by atoms with Crippen LogP contribution in [0.2, 0.25) is 0 Å². The molecule has 252 valence electrons. The highest BCUT2D eigenvalue weighted by Gasteiger charge is 2.47. The summed E-state index contributed by atoms with van der Waals surface area (Å²) in [5, 5.41) is 1.01. The Kier molecular flexibility index (Phi) is 7.01. The van der Waals surface area contributed by atoms with E-state index in [1.165, 1.54) is 11.0 Å². The van der Waals surface area contributed by atoms with Gasteiger partial charge >= 0.3 is 0 Å². The fourth-order valence-corrected chi connectivity index (χ4v) is 8.32. The van der Waals surface area contributed by atoms with E-state index in [9.17, 15) is 18.4 Å². The second-order valence-corrected chi connectivity index (χ2v) is 14.2. The summed E-state index contributed by atoms with van der Waals surface area (Å²) in [7, 11) is 1.59. The molecule has 4 fully saturated rings. The maximum atomic E-state index is 14.4. The van der Waals surface area contributed by atoms with Crippen LogP contribution in [0.1, 0.15) is 46.4 Å². The van der Waals surface area contributed by atoms with Gasteiger partial charge in [-0.2, -0.15) is 0 Å². The van der Waals surface area contributed by atoms with E-state index in [1.807, 2.05) is 23.1 Å². The van der Waals surface area contributed by atoms with Crippen LogP contribution in [-0.4, -0.2) is 79.5 Å². The molecular formula is C37H37F2N7O3. The number of carbonyl (C=O) groups is 2. The first-order valence-corrected chi connectivity index (χ1v) is 17.1. The van der Waals surface area contributed by atoms with Gasteiger partial charge in [0.2, 0.25) is 0 Å². The topological polar surface area (TPSA) is 112 Å². The van der Waals surface area contributed by atoms with Crippen LogP contribution in [0.15, 0.2) is 54.7 Å². The number of nitrogens with two attached hydrogens (primary N) is 1. The number of hydrogen-bond acceptors (Lipinski definition) is 6. The van der Waals surface area contributed by atoms with Crippen molar-refractivity contribution in [2.45, 2.75) is 50.9 Å². The second kappa shape index (κ2) is 11.4. The van der Waals surface area contributed by atoms with Crippen LogP contribution in [-0.2, 0) is 13.1 Å². The van der Waals surface area contributed by atoms with Crippen molar-refractivity contribution < 1.29 is 23.1 Å². The summed E-state index contributed by atoms with van der Waals surface area (Å²) in [6.45, 7) is 2.61. The largest absolute Gasteiger partial charge is 0.494 e. The molecule has 0 spiro atoms. The third-order valence-corrected chi connectivity index (χ3v) is 11.1. The number of carbonyl (C=O) groups excluding carboxylic acids is 2. The zero-order valence-electron chi connectivity index (χ0n) is 27.2. The number of benzene rings is 2. The van der Waals surface area contributed by atoms with Gasteiger partial charge in [-0.3, -0.25) is 9.59 Å². The predicted molar refractivity (Wildman–Crippen MR) is 179 cm³/mol. The number of amides is 2. The summed E-state index contributed by atoms with van der Waals surface area (Å²) in [4.78, 5) is 40.3. The first-order valence-electron chi connectivity index (χ1n) is 17.1. The first-order chi connectivity index (χ1) is 23.8. The van der Waals surface area contributed by atoms with Crippen molar-refractivity contribution in [3.05, 3.63) is 77.5 Å². The van der Waals surface area contributed by atoms with Crippen molar-refractivity contribution in [2.75, 3.05) is 26.7 Å². The van der Waals surface area contributed by atoms with E-state index < -0.39 is 23.1 Å². The van der Waals surface area contributed by atoms with Crippen LogP contribution in [0.3, 0.4) is 0 Å². The fourth-order valence-electron chi connectivity index (χ4n) is 8.32. The third-order valence-electron chi connectivity index (χ3n) is 11.1.